The summed E-state index contributed by atoms with van der Waals surface area (Å²) < 4.78 is -1.61. The summed E-state index contributed by atoms with van der Waals surface area (Å²) >= 11 is 19.3. The van der Waals surface area contributed by atoms with E-state index in [1.54, 1.807) is 4.90 Å². The van der Waals surface area contributed by atoms with Gasteiger partial charge in [0.1, 0.15) is 0 Å². The van der Waals surface area contributed by atoms with Crippen LogP contribution in [0.15, 0.2) is 0 Å². The van der Waals surface area contributed by atoms with Crippen LogP contribution in [-0.4, -0.2) is 62.9 Å². The molecule has 3 N–H and O–H groups in total. The number of alkyl halides is 4. The number of rotatable bonds is 6. The van der Waals surface area contributed by atoms with Gasteiger partial charge in [-0.05, 0) is 0 Å². The van der Waals surface area contributed by atoms with E-state index in [-0.39, 0.29) is 19.8 Å². The number of nitrogens with zero attached hydrogens (tertiary/aromatic N) is 1. The molecule has 0 spiro atoms. The highest BCUT2D eigenvalue weighted by Gasteiger charge is 2.11. The van der Waals surface area contributed by atoms with E-state index in [1.165, 1.54) is 0 Å². The molecule has 0 rings (SSSR count). The Morgan fingerprint density at radius 1 is 0.733 bits per heavy atom. The van der Waals surface area contributed by atoms with E-state index in [4.69, 9.17) is 61.7 Å². The Hall–Kier alpha value is 1.000. The van der Waals surface area contributed by atoms with Crippen LogP contribution in [0.25, 0.3) is 0 Å². The molecule has 0 unspecified atom stereocenters. The van der Waals surface area contributed by atoms with Crippen molar-refractivity contribution < 1.29 is 15.3 Å². The molecule has 94 valence electrons. The molecule has 0 aliphatic carbocycles. The standard InChI is InChI=1S/C6H15NO3.CCl4/c8-4-1-7(2-5-9)3-6-10;2-1(3,4)5/h8-10H,1-6H2;. The normalized spacial score (nSPS) is 11.2. The van der Waals surface area contributed by atoms with E-state index < -0.39 is 3.25 Å². The van der Waals surface area contributed by atoms with Crippen LogP contribution in [0.2, 0.25) is 0 Å². The zero-order valence-corrected chi connectivity index (χ0v) is 11.1. The summed E-state index contributed by atoms with van der Waals surface area (Å²) in [6, 6.07) is 0. The third kappa shape index (κ3) is 25.4. The molecule has 8 heteroatoms. The fourth-order valence-corrected chi connectivity index (χ4v) is 0.760. The number of hydrogen-bond acceptors (Lipinski definition) is 4. The number of aliphatic hydroxyl groups is 3. The molecule has 0 aliphatic rings. The van der Waals surface area contributed by atoms with Gasteiger partial charge in [0, 0.05) is 19.6 Å². The zero-order chi connectivity index (χ0) is 12.3. The minimum Gasteiger partial charge on any atom is -0.395 e. The van der Waals surface area contributed by atoms with E-state index in [0.29, 0.717) is 19.6 Å². The van der Waals surface area contributed by atoms with Gasteiger partial charge in [0.2, 0.25) is 0 Å². The van der Waals surface area contributed by atoms with Gasteiger partial charge < -0.3 is 15.3 Å². The van der Waals surface area contributed by atoms with Crippen molar-refractivity contribution in [3.63, 3.8) is 0 Å². The molecule has 0 amide bonds. The third-order valence-corrected chi connectivity index (χ3v) is 1.25. The topological polar surface area (TPSA) is 63.9 Å². The average molecular weight is 303 g/mol. The summed E-state index contributed by atoms with van der Waals surface area (Å²) in [7, 11) is 0. The minimum absolute atomic E-state index is 0.0694. The fraction of sp³-hybridized carbons (Fsp3) is 1.00. The van der Waals surface area contributed by atoms with Gasteiger partial charge in [-0.2, -0.15) is 0 Å². The molecule has 0 saturated heterocycles. The first-order valence-electron chi connectivity index (χ1n) is 4.15. The van der Waals surface area contributed by atoms with E-state index in [2.05, 4.69) is 0 Å². The van der Waals surface area contributed by atoms with E-state index >= 15 is 0 Å². The lowest BCUT2D eigenvalue weighted by molar-refractivity contribution is 0.136. The molecule has 0 heterocycles. The predicted molar refractivity (Wildman–Crippen MR) is 63.8 cm³/mol. The molecular formula is C7H15Cl4NO3. The summed E-state index contributed by atoms with van der Waals surface area (Å²) in [5.41, 5.74) is 0. The Bertz CT molecular complexity index is 114. The highest BCUT2D eigenvalue weighted by Crippen LogP contribution is 2.29. The van der Waals surface area contributed by atoms with Crippen LogP contribution in [0, 0.1) is 0 Å². The summed E-state index contributed by atoms with van der Waals surface area (Å²) in [6.07, 6.45) is 0. The molecule has 0 saturated carbocycles. The first kappa shape index (κ1) is 18.4. The van der Waals surface area contributed by atoms with E-state index in [9.17, 15) is 0 Å². The number of hydrogen-bond donors (Lipinski definition) is 3. The quantitative estimate of drug-likeness (QED) is 0.636. The van der Waals surface area contributed by atoms with Crippen molar-refractivity contribution >= 4 is 46.4 Å². The molecule has 0 bridgehead atoms. The van der Waals surface area contributed by atoms with Crippen molar-refractivity contribution in [2.45, 2.75) is 3.25 Å². The maximum absolute atomic E-state index is 8.48. The van der Waals surface area contributed by atoms with Gasteiger partial charge >= 0.3 is 0 Å². The average Bonchev–Trinajstić information content (AvgIpc) is 2.02. The molecule has 4 nitrogen and oxygen atoms in total. The highest BCUT2D eigenvalue weighted by molar-refractivity contribution is 6.83. The summed E-state index contributed by atoms with van der Waals surface area (Å²) in [4.78, 5) is 1.79. The van der Waals surface area contributed by atoms with Crippen molar-refractivity contribution in [2.75, 3.05) is 39.5 Å². The van der Waals surface area contributed by atoms with Gasteiger partial charge in [0.05, 0.1) is 19.8 Å². The highest BCUT2D eigenvalue weighted by atomic mass is 35.6. The van der Waals surface area contributed by atoms with Crippen LogP contribution < -0.4 is 0 Å². The molecule has 0 aliphatic heterocycles. The fourth-order valence-electron chi connectivity index (χ4n) is 0.760. The van der Waals surface area contributed by atoms with Crippen LogP contribution in [-0.2, 0) is 0 Å². The summed E-state index contributed by atoms with van der Waals surface area (Å²) in [5, 5.41) is 25.5. The van der Waals surface area contributed by atoms with Crippen molar-refractivity contribution in [1.29, 1.82) is 0 Å². The Labute approximate surface area is 109 Å². The lowest BCUT2D eigenvalue weighted by Gasteiger charge is -2.17. The van der Waals surface area contributed by atoms with Gasteiger partial charge in [0.15, 0.2) is 0 Å². The van der Waals surface area contributed by atoms with E-state index in [1.807, 2.05) is 0 Å². The van der Waals surface area contributed by atoms with Gasteiger partial charge in [-0.1, -0.05) is 46.4 Å². The smallest absolute Gasteiger partial charge is 0.266 e. The molecule has 0 atom stereocenters. The lowest BCUT2D eigenvalue weighted by atomic mass is 10.4. The van der Waals surface area contributed by atoms with E-state index in [0.717, 1.165) is 0 Å². The Kier molecular flexibility index (Phi) is 14.1. The Balaban J connectivity index is 0. The second-order valence-corrected chi connectivity index (χ2v) is 5.87. The number of aliphatic hydroxyl groups excluding tert-OH is 3. The number of halogens is 4. The van der Waals surface area contributed by atoms with Crippen LogP contribution in [0.3, 0.4) is 0 Å². The molecule has 0 aromatic heterocycles. The first-order chi connectivity index (χ1) is 6.85. The molecule has 0 radical (unpaired) electrons. The molecule has 15 heavy (non-hydrogen) atoms. The monoisotopic (exact) mass is 301 g/mol. The maximum atomic E-state index is 8.48. The van der Waals surface area contributed by atoms with Crippen molar-refractivity contribution in [2.24, 2.45) is 0 Å². The lowest BCUT2D eigenvalue weighted by Crippen LogP contribution is -2.32. The SMILES string of the molecule is ClC(Cl)(Cl)Cl.OCCN(CCO)CCO. The molecule has 0 fully saturated rings. The second-order valence-electron chi connectivity index (χ2n) is 2.44. The third-order valence-electron chi connectivity index (χ3n) is 1.25. The van der Waals surface area contributed by atoms with Crippen LogP contribution >= 0.6 is 46.4 Å². The van der Waals surface area contributed by atoms with Crippen molar-refractivity contribution in [3.05, 3.63) is 0 Å². The first-order valence-corrected chi connectivity index (χ1v) is 5.67. The molecular weight excluding hydrogens is 288 g/mol. The zero-order valence-electron chi connectivity index (χ0n) is 8.04. The Morgan fingerprint density at radius 3 is 1.07 bits per heavy atom. The largest absolute Gasteiger partial charge is 0.395 e. The van der Waals surface area contributed by atoms with Crippen molar-refractivity contribution in [3.8, 4) is 0 Å². The van der Waals surface area contributed by atoms with Crippen LogP contribution in [0.5, 0.6) is 0 Å². The predicted octanol–water partition coefficient (Wildman–Crippen LogP) is 0.818. The van der Waals surface area contributed by atoms with Gasteiger partial charge in [-0.25, -0.2) is 0 Å². The van der Waals surface area contributed by atoms with Crippen molar-refractivity contribution in [1.82, 2.24) is 4.90 Å². The second kappa shape index (κ2) is 11.5. The molecule has 0 aromatic rings. The summed E-state index contributed by atoms with van der Waals surface area (Å²) in [6.45, 7) is 1.75. The van der Waals surface area contributed by atoms with Crippen LogP contribution in [0.4, 0.5) is 0 Å². The Morgan fingerprint density at radius 2 is 0.933 bits per heavy atom. The van der Waals surface area contributed by atoms with Gasteiger partial charge in [-0.15, -0.1) is 0 Å². The maximum Gasteiger partial charge on any atom is 0.266 e. The van der Waals surface area contributed by atoms with Gasteiger partial charge in [0.25, 0.3) is 3.25 Å². The minimum atomic E-state index is -1.61. The van der Waals surface area contributed by atoms with Crippen LogP contribution in [0.1, 0.15) is 0 Å². The summed E-state index contributed by atoms with van der Waals surface area (Å²) in [5.74, 6) is 0. The molecule has 0 aromatic carbocycles. The van der Waals surface area contributed by atoms with Gasteiger partial charge in [-0.3, -0.25) is 4.90 Å².